The zero-order valence-electron chi connectivity index (χ0n) is 17.8. The van der Waals surface area contributed by atoms with Gasteiger partial charge in [0, 0.05) is 49.7 Å². The van der Waals surface area contributed by atoms with Crippen molar-refractivity contribution in [1.29, 1.82) is 0 Å². The minimum atomic E-state index is -3.66. The highest BCUT2D eigenvalue weighted by molar-refractivity contribution is 7.89. The van der Waals surface area contributed by atoms with E-state index < -0.39 is 10.0 Å². The molecule has 2 aromatic rings. The fraction of sp³-hybridized carbons (Fsp3) is 0.500. The smallest absolute Gasteiger partial charge is 0.251 e. The fourth-order valence-electron chi connectivity index (χ4n) is 4.08. The number of fused-ring (bicyclic) bond motifs is 1. The number of sulfonamides is 1. The zero-order valence-corrected chi connectivity index (χ0v) is 19.4. The molecule has 0 saturated carbocycles. The molecular formula is C22H29N3O4S2. The lowest BCUT2D eigenvalue weighted by atomic mass is 10.1. The van der Waals surface area contributed by atoms with Gasteiger partial charge >= 0.3 is 0 Å². The Balaban J connectivity index is 1.41. The molecule has 1 saturated heterocycles. The minimum Gasteiger partial charge on any atom is -0.379 e. The van der Waals surface area contributed by atoms with Gasteiger partial charge in [-0.25, -0.2) is 8.42 Å². The average Bonchev–Trinajstić information content (AvgIpc) is 3.27. The Morgan fingerprint density at radius 3 is 2.77 bits per heavy atom. The molecular weight excluding hydrogens is 434 g/mol. The van der Waals surface area contributed by atoms with Gasteiger partial charge in [-0.15, -0.1) is 11.3 Å². The molecule has 1 aromatic carbocycles. The van der Waals surface area contributed by atoms with Crippen LogP contribution in [0, 0.1) is 0 Å². The summed E-state index contributed by atoms with van der Waals surface area (Å²) in [4.78, 5) is 16.8. The van der Waals surface area contributed by atoms with Crippen LogP contribution in [0.15, 0.2) is 34.5 Å². The number of benzene rings is 1. The standard InChI is InChI=1S/C22H29N3O4S2/c1-2-17-3-4-18(15-21(17)31(27,28)25-10-12-29-13-11-25)22(26)23-7-9-24-8-5-20-19(16-24)6-14-30-20/h3-4,6,14-15H,2,5,7-13,16H2,1H3,(H,23,26). The highest BCUT2D eigenvalue weighted by atomic mass is 32.2. The molecule has 7 nitrogen and oxygen atoms in total. The van der Waals surface area contributed by atoms with Gasteiger partial charge in [-0.05, 0) is 47.5 Å². The van der Waals surface area contributed by atoms with E-state index in [9.17, 15) is 13.2 Å². The lowest BCUT2D eigenvalue weighted by Gasteiger charge is -2.27. The molecule has 0 unspecified atom stereocenters. The molecule has 0 radical (unpaired) electrons. The average molecular weight is 464 g/mol. The van der Waals surface area contributed by atoms with E-state index in [1.165, 1.54) is 20.8 Å². The number of thiophene rings is 1. The first-order valence-corrected chi connectivity index (χ1v) is 13.1. The number of hydrogen-bond acceptors (Lipinski definition) is 6. The van der Waals surface area contributed by atoms with Crippen LogP contribution in [0.5, 0.6) is 0 Å². The van der Waals surface area contributed by atoms with E-state index in [-0.39, 0.29) is 10.8 Å². The first kappa shape index (κ1) is 22.4. The summed E-state index contributed by atoms with van der Waals surface area (Å²) in [7, 11) is -3.66. The molecule has 1 amide bonds. The Morgan fingerprint density at radius 2 is 2.00 bits per heavy atom. The maximum Gasteiger partial charge on any atom is 0.251 e. The summed E-state index contributed by atoms with van der Waals surface area (Å²) >= 11 is 1.81. The van der Waals surface area contributed by atoms with Crippen LogP contribution in [0.25, 0.3) is 0 Å². The van der Waals surface area contributed by atoms with Gasteiger partial charge < -0.3 is 10.1 Å². The van der Waals surface area contributed by atoms with Crippen molar-refractivity contribution in [3.8, 4) is 0 Å². The quantitative estimate of drug-likeness (QED) is 0.681. The van der Waals surface area contributed by atoms with Crippen LogP contribution in [-0.4, -0.2) is 69.5 Å². The Morgan fingerprint density at radius 1 is 1.19 bits per heavy atom. The molecule has 168 valence electrons. The summed E-state index contributed by atoms with van der Waals surface area (Å²) in [6.07, 6.45) is 1.64. The van der Waals surface area contributed by atoms with Crippen molar-refractivity contribution in [3.63, 3.8) is 0 Å². The van der Waals surface area contributed by atoms with Crippen LogP contribution in [0.3, 0.4) is 0 Å². The number of ether oxygens (including phenoxy) is 1. The summed E-state index contributed by atoms with van der Waals surface area (Å²) in [5.74, 6) is -0.241. The van der Waals surface area contributed by atoms with E-state index in [0.29, 0.717) is 44.8 Å². The van der Waals surface area contributed by atoms with Gasteiger partial charge in [0.2, 0.25) is 10.0 Å². The maximum atomic E-state index is 13.2. The summed E-state index contributed by atoms with van der Waals surface area (Å²) in [5, 5.41) is 5.09. The van der Waals surface area contributed by atoms with E-state index in [1.54, 1.807) is 12.1 Å². The highest BCUT2D eigenvalue weighted by Crippen LogP contribution is 2.24. The van der Waals surface area contributed by atoms with Crippen LogP contribution in [0.2, 0.25) is 0 Å². The number of morpholine rings is 1. The van der Waals surface area contributed by atoms with Crippen molar-refractivity contribution < 1.29 is 17.9 Å². The molecule has 0 spiro atoms. The molecule has 9 heteroatoms. The van der Waals surface area contributed by atoms with Gasteiger partial charge in [-0.2, -0.15) is 4.31 Å². The summed E-state index contributed by atoms with van der Waals surface area (Å²) in [6, 6.07) is 7.17. The van der Waals surface area contributed by atoms with E-state index in [4.69, 9.17) is 4.74 Å². The zero-order chi connectivity index (χ0) is 21.8. The van der Waals surface area contributed by atoms with Gasteiger partial charge in [0.05, 0.1) is 18.1 Å². The molecule has 0 atom stereocenters. The minimum absolute atomic E-state index is 0.227. The van der Waals surface area contributed by atoms with Gasteiger partial charge in [-0.1, -0.05) is 13.0 Å². The lowest BCUT2D eigenvalue weighted by Crippen LogP contribution is -2.41. The second kappa shape index (κ2) is 9.79. The molecule has 1 aromatic heterocycles. The highest BCUT2D eigenvalue weighted by Gasteiger charge is 2.29. The number of carbonyl (C=O) groups is 1. The fourth-order valence-corrected chi connectivity index (χ4v) is 6.70. The Hall–Kier alpha value is -1.78. The van der Waals surface area contributed by atoms with E-state index in [2.05, 4.69) is 21.7 Å². The third-order valence-corrected chi connectivity index (χ3v) is 8.90. The summed E-state index contributed by atoms with van der Waals surface area (Å²) in [6.45, 7) is 6.59. The van der Waals surface area contributed by atoms with Crippen LogP contribution in [-0.2, 0) is 34.1 Å². The Kier molecular flexibility index (Phi) is 7.08. The monoisotopic (exact) mass is 463 g/mol. The summed E-state index contributed by atoms with van der Waals surface area (Å²) in [5.41, 5.74) is 2.49. The summed E-state index contributed by atoms with van der Waals surface area (Å²) < 4.78 is 33.1. The number of nitrogens with one attached hydrogen (secondary N) is 1. The molecule has 1 N–H and O–H groups in total. The van der Waals surface area contributed by atoms with Crippen LogP contribution in [0.4, 0.5) is 0 Å². The second-order valence-corrected chi connectivity index (χ2v) is 10.8. The van der Waals surface area contributed by atoms with Gasteiger partial charge in [0.15, 0.2) is 0 Å². The van der Waals surface area contributed by atoms with E-state index in [1.807, 2.05) is 18.3 Å². The number of amides is 1. The lowest BCUT2D eigenvalue weighted by molar-refractivity contribution is 0.0730. The molecule has 0 bridgehead atoms. The van der Waals surface area contributed by atoms with E-state index in [0.717, 1.165) is 31.6 Å². The maximum absolute atomic E-state index is 13.2. The molecule has 3 heterocycles. The number of carbonyl (C=O) groups excluding carboxylic acids is 1. The number of aryl methyl sites for hydroxylation is 1. The first-order chi connectivity index (χ1) is 15.0. The third kappa shape index (κ3) is 5.01. The Labute approximate surface area is 188 Å². The SMILES string of the molecule is CCc1ccc(C(=O)NCCN2CCc3sccc3C2)cc1S(=O)(=O)N1CCOCC1. The van der Waals surface area contributed by atoms with Crippen molar-refractivity contribution in [2.75, 3.05) is 45.9 Å². The number of nitrogens with zero attached hydrogens (tertiary/aromatic N) is 2. The van der Waals surface area contributed by atoms with Crippen molar-refractivity contribution in [1.82, 2.24) is 14.5 Å². The molecule has 2 aliphatic heterocycles. The third-order valence-electron chi connectivity index (χ3n) is 5.90. The number of hydrogen-bond donors (Lipinski definition) is 1. The van der Waals surface area contributed by atoms with E-state index >= 15 is 0 Å². The van der Waals surface area contributed by atoms with Gasteiger partial charge in [0.1, 0.15) is 0 Å². The van der Waals surface area contributed by atoms with Crippen molar-refractivity contribution in [3.05, 3.63) is 51.2 Å². The second-order valence-electron chi connectivity index (χ2n) is 7.84. The normalized spacial score (nSPS) is 18.0. The molecule has 31 heavy (non-hydrogen) atoms. The van der Waals surface area contributed by atoms with Crippen molar-refractivity contribution in [2.24, 2.45) is 0 Å². The largest absolute Gasteiger partial charge is 0.379 e. The van der Waals surface area contributed by atoms with Crippen LogP contribution >= 0.6 is 11.3 Å². The molecule has 1 fully saturated rings. The van der Waals surface area contributed by atoms with Crippen LogP contribution in [0.1, 0.15) is 33.3 Å². The van der Waals surface area contributed by atoms with Gasteiger partial charge in [-0.3, -0.25) is 9.69 Å². The van der Waals surface area contributed by atoms with Crippen LogP contribution < -0.4 is 5.32 Å². The Bertz CT molecular complexity index is 1030. The van der Waals surface area contributed by atoms with Gasteiger partial charge in [0.25, 0.3) is 5.91 Å². The number of rotatable bonds is 7. The van der Waals surface area contributed by atoms with Crippen molar-refractivity contribution >= 4 is 27.3 Å². The molecule has 4 rings (SSSR count). The topological polar surface area (TPSA) is 79.0 Å². The predicted molar refractivity (Wildman–Crippen MR) is 121 cm³/mol. The molecule has 0 aliphatic carbocycles. The molecule has 2 aliphatic rings. The predicted octanol–water partition coefficient (Wildman–Crippen LogP) is 2.12. The first-order valence-electron chi connectivity index (χ1n) is 10.8. The van der Waals surface area contributed by atoms with Crippen molar-refractivity contribution in [2.45, 2.75) is 31.2 Å².